The standard InChI is InChI=1S/C29H23F8N5O4/c1-14-8-18(28(32,33)34)24(39-12-14)17-3-2-15(42-5-4-38-25(17)42)11-21(27(44)45)40-26(43)23-19(30)9-16(10-20(23)31)41-6-7-46-13-22(41)29(35,36)37/h2-5,8-10,12,21-22H,6-7,11,13H2,1H3,(H,40,43)(H,44,45)/t21?,22-/m1/s1. The number of carboxylic acid groups (broad SMARTS) is 1. The predicted octanol–water partition coefficient (Wildman–Crippen LogP) is 5.19. The number of hydrogen-bond acceptors (Lipinski definition) is 6. The molecular formula is C29H23F8N5O4. The van der Waals surface area contributed by atoms with Gasteiger partial charge in [0.05, 0.1) is 24.5 Å². The van der Waals surface area contributed by atoms with E-state index in [4.69, 9.17) is 4.74 Å². The first-order valence-corrected chi connectivity index (χ1v) is 13.5. The first kappa shape index (κ1) is 32.6. The summed E-state index contributed by atoms with van der Waals surface area (Å²) in [7, 11) is 0. The Morgan fingerprint density at radius 2 is 1.78 bits per heavy atom. The smallest absolute Gasteiger partial charge is 0.418 e. The van der Waals surface area contributed by atoms with E-state index in [1.807, 2.05) is 5.32 Å². The quantitative estimate of drug-likeness (QED) is 0.263. The third-order valence-electron chi connectivity index (χ3n) is 7.33. The molecule has 1 aromatic carbocycles. The summed E-state index contributed by atoms with van der Waals surface area (Å²) >= 11 is 0. The molecule has 0 spiro atoms. The number of imidazole rings is 1. The molecule has 1 fully saturated rings. The van der Waals surface area contributed by atoms with Crippen molar-refractivity contribution < 1.29 is 54.6 Å². The Morgan fingerprint density at radius 3 is 2.41 bits per heavy atom. The van der Waals surface area contributed by atoms with Crippen LogP contribution in [0.15, 0.2) is 48.9 Å². The second kappa shape index (κ2) is 12.2. The zero-order chi connectivity index (χ0) is 33.6. The molecule has 3 aromatic heterocycles. The molecule has 0 aliphatic carbocycles. The number of aliphatic carboxylic acids is 1. The van der Waals surface area contributed by atoms with E-state index in [0.717, 1.165) is 6.07 Å². The fourth-order valence-electron chi connectivity index (χ4n) is 5.19. The van der Waals surface area contributed by atoms with Crippen molar-refractivity contribution in [3.63, 3.8) is 0 Å². The third-order valence-corrected chi connectivity index (χ3v) is 7.33. The summed E-state index contributed by atoms with van der Waals surface area (Å²) < 4.78 is 118. The molecule has 9 nitrogen and oxygen atoms in total. The molecule has 0 saturated carbocycles. The molecule has 46 heavy (non-hydrogen) atoms. The van der Waals surface area contributed by atoms with Crippen molar-refractivity contribution in [2.24, 2.45) is 0 Å². The Balaban J connectivity index is 1.42. The van der Waals surface area contributed by atoms with Crippen LogP contribution in [0.25, 0.3) is 16.9 Å². The molecule has 4 heterocycles. The Bertz CT molecular complexity index is 1780. The molecule has 4 aromatic rings. The molecule has 2 N–H and O–H groups in total. The molecule has 2 atom stereocenters. The number of morpholine rings is 1. The fourth-order valence-corrected chi connectivity index (χ4v) is 5.19. The number of halogens is 8. The maximum Gasteiger partial charge on any atom is 0.418 e. The van der Waals surface area contributed by atoms with Crippen LogP contribution >= 0.6 is 0 Å². The van der Waals surface area contributed by atoms with Crippen molar-refractivity contribution >= 4 is 23.2 Å². The minimum atomic E-state index is -4.78. The number of rotatable bonds is 7. The van der Waals surface area contributed by atoms with Gasteiger partial charge in [-0.15, -0.1) is 0 Å². The van der Waals surface area contributed by atoms with Gasteiger partial charge in [0.25, 0.3) is 5.91 Å². The highest BCUT2D eigenvalue weighted by molar-refractivity contribution is 5.97. The number of amides is 1. The van der Waals surface area contributed by atoms with E-state index in [9.17, 15) is 41.0 Å². The van der Waals surface area contributed by atoms with Crippen LogP contribution in [0, 0.1) is 18.6 Å². The van der Waals surface area contributed by atoms with E-state index in [0.29, 0.717) is 17.0 Å². The lowest BCUT2D eigenvalue weighted by Crippen LogP contribution is -2.53. The molecule has 244 valence electrons. The summed E-state index contributed by atoms with van der Waals surface area (Å²) in [6.45, 7) is 0.189. The predicted molar refractivity (Wildman–Crippen MR) is 145 cm³/mol. The summed E-state index contributed by atoms with van der Waals surface area (Å²) in [6, 6.07) is 0.557. The second-order valence-electron chi connectivity index (χ2n) is 10.4. The maximum absolute atomic E-state index is 15.0. The van der Waals surface area contributed by atoms with Crippen LogP contribution < -0.4 is 10.2 Å². The maximum atomic E-state index is 15.0. The summed E-state index contributed by atoms with van der Waals surface area (Å²) in [5.41, 5.74) is -2.77. The van der Waals surface area contributed by atoms with Crippen molar-refractivity contribution in [1.82, 2.24) is 19.7 Å². The Kier molecular flexibility index (Phi) is 8.63. The van der Waals surface area contributed by atoms with Crippen LogP contribution in [-0.4, -0.2) is 69.4 Å². The van der Waals surface area contributed by atoms with Crippen molar-refractivity contribution in [1.29, 1.82) is 0 Å². The molecule has 17 heteroatoms. The topological polar surface area (TPSA) is 109 Å². The lowest BCUT2D eigenvalue weighted by molar-refractivity contribution is -0.167. The summed E-state index contributed by atoms with van der Waals surface area (Å²) in [5, 5.41) is 11.8. The van der Waals surface area contributed by atoms with E-state index in [-0.39, 0.29) is 35.6 Å². The number of nitrogens with one attached hydrogen (secondary N) is 1. The number of aryl methyl sites for hydroxylation is 1. The number of benzene rings is 1. The van der Waals surface area contributed by atoms with Crippen molar-refractivity contribution in [3.05, 3.63) is 82.9 Å². The minimum absolute atomic E-state index is 0.0113. The number of nitrogens with zero attached hydrogens (tertiary/aromatic N) is 4. The molecule has 1 saturated heterocycles. The zero-order valence-electron chi connectivity index (χ0n) is 23.6. The van der Waals surface area contributed by atoms with Gasteiger partial charge in [0.1, 0.15) is 34.9 Å². The number of fused-ring (bicyclic) bond motifs is 1. The number of hydrogen-bond donors (Lipinski definition) is 2. The van der Waals surface area contributed by atoms with Crippen LogP contribution in [0.4, 0.5) is 40.8 Å². The number of carbonyl (C=O) groups excluding carboxylic acids is 1. The number of ether oxygens (including phenoxy) is 1. The number of pyridine rings is 2. The molecule has 1 unspecified atom stereocenters. The van der Waals surface area contributed by atoms with Crippen LogP contribution in [0.1, 0.15) is 27.2 Å². The molecule has 0 radical (unpaired) electrons. The Labute approximate surface area is 254 Å². The number of anilines is 1. The van der Waals surface area contributed by atoms with E-state index in [1.54, 1.807) is 0 Å². The highest BCUT2D eigenvalue weighted by atomic mass is 19.4. The van der Waals surface area contributed by atoms with Crippen molar-refractivity contribution in [2.45, 2.75) is 37.8 Å². The first-order valence-electron chi connectivity index (χ1n) is 13.5. The summed E-state index contributed by atoms with van der Waals surface area (Å²) in [6.07, 6.45) is -6.20. The Hall–Kier alpha value is -4.80. The van der Waals surface area contributed by atoms with Gasteiger partial charge >= 0.3 is 18.3 Å². The van der Waals surface area contributed by atoms with Crippen molar-refractivity contribution in [2.75, 3.05) is 24.7 Å². The Morgan fingerprint density at radius 1 is 1.09 bits per heavy atom. The highest BCUT2D eigenvalue weighted by Gasteiger charge is 2.46. The average Bonchev–Trinajstić information content (AvgIpc) is 3.46. The number of alkyl halides is 6. The van der Waals surface area contributed by atoms with Gasteiger partial charge in [-0.25, -0.2) is 18.6 Å². The second-order valence-corrected chi connectivity index (χ2v) is 10.4. The van der Waals surface area contributed by atoms with Crippen LogP contribution in [0.3, 0.4) is 0 Å². The van der Waals surface area contributed by atoms with E-state index < -0.39 is 83.5 Å². The largest absolute Gasteiger partial charge is 0.480 e. The van der Waals surface area contributed by atoms with Crippen LogP contribution in [0.2, 0.25) is 0 Å². The summed E-state index contributed by atoms with van der Waals surface area (Å²) in [4.78, 5) is 33.7. The van der Waals surface area contributed by atoms with Gasteiger partial charge in [0.15, 0.2) is 0 Å². The molecular weight excluding hydrogens is 634 g/mol. The monoisotopic (exact) mass is 657 g/mol. The van der Waals surface area contributed by atoms with Crippen LogP contribution in [0.5, 0.6) is 0 Å². The van der Waals surface area contributed by atoms with E-state index in [1.165, 1.54) is 42.0 Å². The van der Waals surface area contributed by atoms with Gasteiger partial charge < -0.3 is 24.5 Å². The van der Waals surface area contributed by atoms with Gasteiger partial charge in [-0.1, -0.05) is 0 Å². The van der Waals surface area contributed by atoms with E-state index >= 15 is 8.78 Å². The molecule has 5 rings (SSSR count). The normalized spacial score (nSPS) is 16.5. The van der Waals surface area contributed by atoms with E-state index in [2.05, 4.69) is 9.97 Å². The van der Waals surface area contributed by atoms with Gasteiger partial charge in [0, 0.05) is 48.5 Å². The number of carbonyl (C=O) groups is 2. The van der Waals surface area contributed by atoms with Gasteiger partial charge in [-0.3, -0.25) is 9.78 Å². The van der Waals surface area contributed by atoms with Gasteiger partial charge in [-0.2, -0.15) is 26.3 Å². The van der Waals surface area contributed by atoms with Crippen LogP contribution in [-0.2, 0) is 22.1 Å². The molecule has 1 aliphatic heterocycles. The number of carboxylic acids is 1. The average molecular weight is 658 g/mol. The van der Waals surface area contributed by atoms with Crippen molar-refractivity contribution in [3.8, 4) is 11.3 Å². The highest BCUT2D eigenvalue weighted by Crippen LogP contribution is 2.38. The fraction of sp³-hybridized carbons (Fsp3) is 0.310. The van der Waals surface area contributed by atoms with Gasteiger partial charge in [-0.05, 0) is 42.8 Å². The van der Waals surface area contributed by atoms with Gasteiger partial charge in [0.2, 0.25) is 0 Å². The lowest BCUT2D eigenvalue weighted by Gasteiger charge is -2.38. The lowest BCUT2D eigenvalue weighted by atomic mass is 10.0. The molecule has 1 aliphatic rings. The molecule has 1 amide bonds. The minimum Gasteiger partial charge on any atom is -0.480 e. The number of aromatic nitrogens is 3. The zero-order valence-corrected chi connectivity index (χ0v) is 23.6. The summed E-state index contributed by atoms with van der Waals surface area (Å²) in [5.74, 6) is -6.18. The molecule has 0 bridgehead atoms. The SMILES string of the molecule is Cc1cnc(-c2ccc(CC(NC(=O)c3c(F)cc(N4CCOC[C@@H]4C(F)(F)F)cc3F)C(=O)O)n3ccnc23)c(C(F)(F)F)c1. The third kappa shape index (κ3) is 6.45. The first-order chi connectivity index (χ1) is 21.6.